The van der Waals surface area contributed by atoms with Gasteiger partial charge in [-0.15, -0.1) is 0 Å². The lowest BCUT2D eigenvalue weighted by molar-refractivity contribution is -0.121. The number of carbonyl (C=O) groups is 2. The maximum Gasteiger partial charge on any atom is 0.273 e. The molecule has 0 saturated carbocycles. The van der Waals surface area contributed by atoms with E-state index in [4.69, 9.17) is 4.42 Å². The molecule has 0 bridgehead atoms. The van der Waals surface area contributed by atoms with Crippen LogP contribution in [0.2, 0.25) is 0 Å². The van der Waals surface area contributed by atoms with Gasteiger partial charge in [-0.25, -0.2) is 14.4 Å². The van der Waals surface area contributed by atoms with Crippen molar-refractivity contribution in [1.82, 2.24) is 35.5 Å². The van der Waals surface area contributed by atoms with Crippen LogP contribution in [0.5, 0.6) is 0 Å². The molecule has 35 heavy (non-hydrogen) atoms. The number of imidazole rings is 1. The summed E-state index contributed by atoms with van der Waals surface area (Å²) in [7, 11) is 1.61. The molecule has 0 spiro atoms. The average molecular weight is 480 g/mol. The van der Waals surface area contributed by atoms with Crippen molar-refractivity contribution >= 4 is 22.8 Å². The SMILES string of the molecule is CNC(=O)Cn1c(CCNCCc2nc(C(=O)NCc3ncccc3F)co2)nc2ccccc21. The van der Waals surface area contributed by atoms with Crippen LogP contribution >= 0.6 is 0 Å². The third kappa shape index (κ3) is 6.07. The Balaban J connectivity index is 1.25. The van der Waals surface area contributed by atoms with E-state index in [0.717, 1.165) is 16.9 Å². The molecule has 11 heteroatoms. The molecule has 3 aromatic heterocycles. The Morgan fingerprint density at radius 1 is 1.09 bits per heavy atom. The first-order chi connectivity index (χ1) is 17.0. The van der Waals surface area contributed by atoms with Crippen LogP contribution in [0.3, 0.4) is 0 Å². The summed E-state index contributed by atoms with van der Waals surface area (Å²) in [4.78, 5) is 36.9. The first-order valence-corrected chi connectivity index (χ1v) is 11.2. The molecule has 0 fully saturated rings. The number of nitrogens with one attached hydrogen (secondary N) is 3. The Kier molecular flexibility index (Phi) is 7.78. The molecule has 0 aliphatic heterocycles. The molecule has 3 heterocycles. The molecule has 4 rings (SSSR count). The minimum atomic E-state index is -0.482. The van der Waals surface area contributed by atoms with Crippen molar-refractivity contribution in [3.05, 3.63) is 77.8 Å². The topological polar surface area (TPSA) is 127 Å². The fraction of sp³-hybridized carbons (Fsp3) is 0.292. The first-order valence-electron chi connectivity index (χ1n) is 11.2. The van der Waals surface area contributed by atoms with Crippen molar-refractivity contribution in [2.24, 2.45) is 0 Å². The number of fused-ring (bicyclic) bond motifs is 1. The molecular formula is C24H26FN7O3. The van der Waals surface area contributed by atoms with Crippen LogP contribution in [-0.2, 0) is 30.7 Å². The number of likely N-dealkylation sites (N-methyl/N-ethyl adjacent to an activating group) is 1. The molecule has 10 nitrogen and oxygen atoms in total. The normalized spacial score (nSPS) is 11.0. The van der Waals surface area contributed by atoms with Crippen molar-refractivity contribution in [1.29, 1.82) is 0 Å². The molecule has 0 aliphatic carbocycles. The van der Waals surface area contributed by atoms with E-state index in [-0.39, 0.29) is 30.4 Å². The molecule has 182 valence electrons. The van der Waals surface area contributed by atoms with Gasteiger partial charge in [-0.1, -0.05) is 12.1 Å². The zero-order chi connectivity index (χ0) is 24.6. The van der Waals surface area contributed by atoms with Gasteiger partial charge in [0, 0.05) is 39.2 Å². The summed E-state index contributed by atoms with van der Waals surface area (Å²) in [6.45, 7) is 1.39. The Hall–Kier alpha value is -4.12. The minimum absolute atomic E-state index is 0.0417. The number of para-hydroxylation sites is 2. The first kappa shape index (κ1) is 24.0. The maximum atomic E-state index is 13.6. The van der Waals surface area contributed by atoms with Crippen LogP contribution in [0, 0.1) is 5.82 Å². The number of halogens is 1. The van der Waals surface area contributed by atoms with Crippen molar-refractivity contribution in [2.75, 3.05) is 20.1 Å². The summed E-state index contributed by atoms with van der Waals surface area (Å²) in [5.41, 5.74) is 2.04. The number of amides is 2. The number of rotatable bonds is 11. The third-order valence-electron chi connectivity index (χ3n) is 5.39. The van der Waals surface area contributed by atoms with Crippen LogP contribution in [0.4, 0.5) is 4.39 Å². The van der Waals surface area contributed by atoms with E-state index >= 15 is 0 Å². The summed E-state index contributed by atoms with van der Waals surface area (Å²) >= 11 is 0. The average Bonchev–Trinajstić information content (AvgIpc) is 3.48. The van der Waals surface area contributed by atoms with Gasteiger partial charge in [-0.05, 0) is 24.3 Å². The predicted molar refractivity (Wildman–Crippen MR) is 126 cm³/mol. The Morgan fingerprint density at radius 3 is 2.74 bits per heavy atom. The summed E-state index contributed by atoms with van der Waals surface area (Å²) in [6.07, 6.45) is 3.86. The van der Waals surface area contributed by atoms with E-state index in [2.05, 4.69) is 30.9 Å². The van der Waals surface area contributed by atoms with E-state index in [9.17, 15) is 14.0 Å². The molecule has 4 aromatic rings. The van der Waals surface area contributed by atoms with Crippen molar-refractivity contribution in [2.45, 2.75) is 25.9 Å². The van der Waals surface area contributed by atoms with E-state index in [1.807, 2.05) is 28.8 Å². The molecule has 0 saturated heterocycles. The van der Waals surface area contributed by atoms with E-state index in [1.165, 1.54) is 24.6 Å². The molecule has 2 amide bonds. The highest BCUT2D eigenvalue weighted by Crippen LogP contribution is 2.16. The van der Waals surface area contributed by atoms with Gasteiger partial charge in [0.2, 0.25) is 5.91 Å². The van der Waals surface area contributed by atoms with Crippen molar-refractivity contribution in [3.63, 3.8) is 0 Å². The lowest BCUT2D eigenvalue weighted by Gasteiger charge is -2.09. The molecule has 0 unspecified atom stereocenters. The number of benzene rings is 1. The quantitative estimate of drug-likeness (QED) is 0.279. The van der Waals surface area contributed by atoms with Gasteiger partial charge in [0.25, 0.3) is 5.91 Å². The van der Waals surface area contributed by atoms with Crippen LogP contribution in [0.25, 0.3) is 11.0 Å². The van der Waals surface area contributed by atoms with Crippen LogP contribution in [0.1, 0.15) is 27.9 Å². The van der Waals surface area contributed by atoms with Gasteiger partial charge < -0.3 is 24.9 Å². The van der Waals surface area contributed by atoms with E-state index < -0.39 is 11.7 Å². The lowest BCUT2D eigenvalue weighted by Crippen LogP contribution is -2.26. The number of nitrogens with zero attached hydrogens (tertiary/aromatic N) is 4. The summed E-state index contributed by atoms with van der Waals surface area (Å²) in [5.74, 6) is 0.202. The highest BCUT2D eigenvalue weighted by atomic mass is 19.1. The fourth-order valence-corrected chi connectivity index (χ4v) is 3.57. The minimum Gasteiger partial charge on any atom is -0.448 e. The highest BCUT2D eigenvalue weighted by Gasteiger charge is 2.14. The van der Waals surface area contributed by atoms with Gasteiger partial charge >= 0.3 is 0 Å². The van der Waals surface area contributed by atoms with E-state index in [1.54, 1.807) is 7.05 Å². The maximum absolute atomic E-state index is 13.6. The molecule has 0 radical (unpaired) electrons. The number of hydrogen-bond acceptors (Lipinski definition) is 7. The van der Waals surface area contributed by atoms with E-state index in [0.29, 0.717) is 31.8 Å². The van der Waals surface area contributed by atoms with Gasteiger partial charge in [0.1, 0.15) is 24.4 Å². The summed E-state index contributed by atoms with van der Waals surface area (Å²) in [5, 5.41) is 8.54. The molecule has 0 aliphatic rings. The van der Waals surface area contributed by atoms with Gasteiger partial charge in [0.15, 0.2) is 11.6 Å². The second-order valence-electron chi connectivity index (χ2n) is 7.77. The Morgan fingerprint density at radius 2 is 1.91 bits per heavy atom. The van der Waals surface area contributed by atoms with Crippen LogP contribution in [0.15, 0.2) is 53.3 Å². The second kappa shape index (κ2) is 11.3. The summed E-state index contributed by atoms with van der Waals surface area (Å²) < 4.78 is 20.9. The second-order valence-corrected chi connectivity index (χ2v) is 7.77. The molecular weight excluding hydrogens is 453 g/mol. The lowest BCUT2D eigenvalue weighted by atomic mass is 10.3. The smallest absolute Gasteiger partial charge is 0.273 e. The van der Waals surface area contributed by atoms with Crippen LogP contribution < -0.4 is 16.0 Å². The standard InChI is InChI=1S/C24H26FN7O3/c1-26-22(33)14-32-20-7-3-2-6-17(20)30-21(32)8-11-27-12-9-23-31-19(15-35-23)24(34)29-13-18-16(25)5-4-10-28-18/h2-7,10,15,27H,8-9,11-14H2,1H3,(H,26,33)(H,29,34). The largest absolute Gasteiger partial charge is 0.448 e. The predicted octanol–water partition coefficient (Wildman–Crippen LogP) is 1.61. The summed E-state index contributed by atoms with van der Waals surface area (Å²) in [6, 6.07) is 10.5. The molecule has 3 N–H and O–H groups in total. The molecule has 1 aromatic carbocycles. The number of oxazole rings is 1. The zero-order valence-corrected chi connectivity index (χ0v) is 19.3. The zero-order valence-electron chi connectivity index (χ0n) is 19.3. The number of hydrogen-bond donors (Lipinski definition) is 3. The third-order valence-corrected chi connectivity index (χ3v) is 5.39. The number of pyridine rings is 1. The Bertz CT molecular complexity index is 1320. The molecule has 0 atom stereocenters. The highest BCUT2D eigenvalue weighted by molar-refractivity contribution is 5.91. The number of aromatic nitrogens is 4. The monoisotopic (exact) mass is 479 g/mol. The van der Waals surface area contributed by atoms with Crippen LogP contribution in [-0.4, -0.2) is 51.5 Å². The fourth-order valence-electron chi connectivity index (χ4n) is 3.57. The van der Waals surface area contributed by atoms with Gasteiger partial charge in [-0.3, -0.25) is 14.6 Å². The van der Waals surface area contributed by atoms with Crippen molar-refractivity contribution in [3.8, 4) is 0 Å². The van der Waals surface area contributed by atoms with Gasteiger partial charge in [0.05, 0.1) is 23.3 Å². The van der Waals surface area contributed by atoms with Crippen molar-refractivity contribution < 1.29 is 18.4 Å². The Labute approximate surface area is 201 Å². The van der Waals surface area contributed by atoms with Gasteiger partial charge in [-0.2, -0.15) is 0 Å². The number of carbonyl (C=O) groups excluding carboxylic acids is 2.